The molecule has 0 radical (unpaired) electrons. The lowest BCUT2D eigenvalue weighted by Crippen LogP contribution is -2.43. The van der Waals surface area contributed by atoms with Gasteiger partial charge in [-0.2, -0.15) is 0 Å². The first kappa shape index (κ1) is 20.5. The molecule has 0 saturated carbocycles. The molecule has 28 heavy (non-hydrogen) atoms. The zero-order chi connectivity index (χ0) is 19.9. The number of nitrogens with zero attached hydrogens (tertiary/aromatic N) is 2. The molecule has 1 aliphatic rings. The Kier molecular flexibility index (Phi) is 7.15. The van der Waals surface area contributed by atoms with Crippen molar-refractivity contribution in [2.75, 3.05) is 13.1 Å². The number of aromatic nitrogens is 1. The maximum absolute atomic E-state index is 13.5. The molecule has 0 unspecified atom stereocenters. The molecule has 0 bridgehead atoms. The lowest BCUT2D eigenvalue weighted by molar-refractivity contribution is -0.123. The summed E-state index contributed by atoms with van der Waals surface area (Å²) < 4.78 is 13.5. The van der Waals surface area contributed by atoms with Crippen molar-refractivity contribution in [3.05, 3.63) is 65.7 Å². The molecule has 5 heteroatoms. The first-order chi connectivity index (χ1) is 13.5. The predicted octanol–water partition coefficient (Wildman–Crippen LogP) is 4.34. The Morgan fingerprint density at radius 3 is 2.86 bits per heavy atom. The number of amides is 1. The normalized spacial score (nSPS) is 18.8. The molecule has 1 N–H and O–H groups in total. The average Bonchev–Trinajstić information content (AvgIpc) is 2.66. The van der Waals surface area contributed by atoms with E-state index in [0.29, 0.717) is 12.3 Å². The van der Waals surface area contributed by atoms with Crippen LogP contribution < -0.4 is 5.32 Å². The van der Waals surface area contributed by atoms with Crippen molar-refractivity contribution in [1.29, 1.82) is 0 Å². The van der Waals surface area contributed by atoms with Crippen molar-refractivity contribution in [3.63, 3.8) is 0 Å². The quantitative estimate of drug-likeness (QED) is 0.774. The summed E-state index contributed by atoms with van der Waals surface area (Å²) in [5, 5.41) is 3.24. The molecule has 1 aliphatic heterocycles. The third-order valence-electron chi connectivity index (χ3n) is 5.23. The summed E-state index contributed by atoms with van der Waals surface area (Å²) in [7, 11) is 0. The van der Waals surface area contributed by atoms with Crippen LogP contribution in [0, 0.1) is 17.7 Å². The number of nitrogens with one attached hydrogen (secondary N) is 1. The molecule has 1 aromatic heterocycles. The van der Waals surface area contributed by atoms with Crippen molar-refractivity contribution in [2.24, 2.45) is 11.8 Å². The molecule has 0 spiro atoms. The average molecular weight is 384 g/mol. The SMILES string of the molecule is CC(C)CC(=O)N[C@H](c1ccccn1)[C@H]1CCCN(Cc2cccc(F)c2)C1. The zero-order valence-electron chi connectivity index (χ0n) is 16.8. The Balaban J connectivity index is 1.72. The molecule has 2 atom stereocenters. The molecule has 4 nitrogen and oxygen atoms in total. The van der Waals surface area contributed by atoms with Gasteiger partial charge in [-0.15, -0.1) is 0 Å². The third kappa shape index (κ3) is 5.86. The molecule has 1 aromatic carbocycles. The number of hydrogen-bond acceptors (Lipinski definition) is 3. The number of pyridine rings is 1. The van der Waals surface area contributed by atoms with Gasteiger partial charge in [-0.05, 0) is 61.1 Å². The van der Waals surface area contributed by atoms with Gasteiger partial charge in [0.15, 0.2) is 0 Å². The number of carbonyl (C=O) groups excluding carboxylic acids is 1. The fraction of sp³-hybridized carbons (Fsp3) is 0.478. The summed E-state index contributed by atoms with van der Waals surface area (Å²) in [5.74, 6) is 0.486. The predicted molar refractivity (Wildman–Crippen MR) is 109 cm³/mol. The van der Waals surface area contributed by atoms with E-state index in [2.05, 4.69) is 29.0 Å². The minimum Gasteiger partial charge on any atom is -0.347 e. The van der Waals surface area contributed by atoms with Crippen LogP contribution in [0.4, 0.5) is 4.39 Å². The van der Waals surface area contributed by atoms with Crippen LogP contribution in [0.1, 0.15) is 50.4 Å². The maximum atomic E-state index is 13.5. The van der Waals surface area contributed by atoms with Gasteiger partial charge in [0, 0.05) is 25.7 Å². The van der Waals surface area contributed by atoms with Crippen LogP contribution in [0.25, 0.3) is 0 Å². The minimum atomic E-state index is -0.196. The fourth-order valence-electron chi connectivity index (χ4n) is 4.00. The van der Waals surface area contributed by atoms with Crippen molar-refractivity contribution >= 4 is 5.91 Å². The first-order valence-corrected chi connectivity index (χ1v) is 10.2. The molecule has 2 heterocycles. The van der Waals surface area contributed by atoms with E-state index in [1.54, 1.807) is 18.3 Å². The number of carbonyl (C=O) groups is 1. The van der Waals surface area contributed by atoms with Gasteiger partial charge in [-0.1, -0.05) is 32.0 Å². The van der Waals surface area contributed by atoms with Crippen LogP contribution in [0.2, 0.25) is 0 Å². The molecular formula is C23H30FN3O. The van der Waals surface area contributed by atoms with E-state index in [1.807, 2.05) is 24.3 Å². The summed E-state index contributed by atoms with van der Waals surface area (Å²) in [5.41, 5.74) is 1.90. The van der Waals surface area contributed by atoms with Crippen LogP contribution in [0.3, 0.4) is 0 Å². The molecule has 150 valence electrons. The van der Waals surface area contributed by atoms with Crippen molar-refractivity contribution in [1.82, 2.24) is 15.2 Å². The largest absolute Gasteiger partial charge is 0.347 e. The van der Waals surface area contributed by atoms with E-state index in [1.165, 1.54) is 6.07 Å². The van der Waals surface area contributed by atoms with E-state index < -0.39 is 0 Å². The van der Waals surface area contributed by atoms with E-state index in [9.17, 15) is 9.18 Å². The van der Waals surface area contributed by atoms with Crippen LogP contribution in [0.15, 0.2) is 48.7 Å². The molecule has 1 fully saturated rings. The highest BCUT2D eigenvalue weighted by atomic mass is 19.1. The molecule has 1 saturated heterocycles. The summed E-state index contributed by atoms with van der Waals surface area (Å²) >= 11 is 0. The highest BCUT2D eigenvalue weighted by Crippen LogP contribution is 2.30. The van der Waals surface area contributed by atoms with Crippen LogP contribution in [-0.4, -0.2) is 28.9 Å². The van der Waals surface area contributed by atoms with Gasteiger partial charge in [0.2, 0.25) is 5.91 Å². The van der Waals surface area contributed by atoms with Crippen LogP contribution in [-0.2, 0) is 11.3 Å². The van der Waals surface area contributed by atoms with Crippen molar-refractivity contribution < 1.29 is 9.18 Å². The van der Waals surface area contributed by atoms with E-state index in [4.69, 9.17) is 0 Å². The highest BCUT2D eigenvalue weighted by molar-refractivity contribution is 5.76. The van der Waals surface area contributed by atoms with E-state index in [-0.39, 0.29) is 23.7 Å². The van der Waals surface area contributed by atoms with Gasteiger partial charge in [0.1, 0.15) is 5.82 Å². The second-order valence-electron chi connectivity index (χ2n) is 8.17. The minimum absolute atomic E-state index is 0.0768. The molecular weight excluding hydrogens is 353 g/mol. The Morgan fingerprint density at radius 2 is 2.14 bits per heavy atom. The van der Waals surface area contributed by atoms with Crippen molar-refractivity contribution in [3.8, 4) is 0 Å². The standard InChI is InChI=1S/C23H30FN3O/c1-17(2)13-22(28)26-23(21-10-3-4-11-25-21)19-8-6-12-27(16-19)15-18-7-5-9-20(24)14-18/h3-5,7,9-11,14,17,19,23H,6,8,12-13,15-16H2,1-2H3,(H,26,28)/t19-,23-/m0/s1. The fourth-order valence-corrected chi connectivity index (χ4v) is 4.00. The van der Waals surface area contributed by atoms with Gasteiger partial charge in [-0.25, -0.2) is 4.39 Å². The molecule has 2 aromatic rings. The maximum Gasteiger partial charge on any atom is 0.220 e. The highest BCUT2D eigenvalue weighted by Gasteiger charge is 2.30. The van der Waals surface area contributed by atoms with Gasteiger partial charge >= 0.3 is 0 Å². The lowest BCUT2D eigenvalue weighted by atomic mass is 9.88. The summed E-state index contributed by atoms with van der Waals surface area (Å²) in [6.45, 7) is 6.68. The molecule has 0 aliphatic carbocycles. The zero-order valence-corrected chi connectivity index (χ0v) is 16.8. The number of likely N-dealkylation sites (tertiary alicyclic amines) is 1. The molecule has 1 amide bonds. The summed E-state index contributed by atoms with van der Waals surface area (Å²) in [4.78, 5) is 19.4. The number of rotatable bonds is 7. The second-order valence-corrected chi connectivity index (χ2v) is 8.17. The second kappa shape index (κ2) is 9.78. The van der Waals surface area contributed by atoms with Crippen LogP contribution >= 0.6 is 0 Å². The Labute approximate surface area is 167 Å². The Hall–Kier alpha value is -2.27. The van der Waals surface area contributed by atoms with E-state index in [0.717, 1.165) is 43.7 Å². The summed E-state index contributed by atoms with van der Waals surface area (Å²) in [6.07, 6.45) is 4.40. The summed E-state index contributed by atoms with van der Waals surface area (Å²) in [6, 6.07) is 12.6. The third-order valence-corrected chi connectivity index (χ3v) is 5.23. The number of hydrogen-bond donors (Lipinski definition) is 1. The number of halogens is 1. The lowest BCUT2D eigenvalue weighted by Gasteiger charge is -2.37. The monoisotopic (exact) mass is 383 g/mol. The van der Waals surface area contributed by atoms with Gasteiger partial charge in [0.05, 0.1) is 11.7 Å². The smallest absolute Gasteiger partial charge is 0.220 e. The Morgan fingerprint density at radius 1 is 1.29 bits per heavy atom. The van der Waals surface area contributed by atoms with Gasteiger partial charge < -0.3 is 5.32 Å². The first-order valence-electron chi connectivity index (χ1n) is 10.2. The Bertz CT molecular complexity index is 765. The van der Waals surface area contributed by atoms with Gasteiger partial charge in [-0.3, -0.25) is 14.7 Å². The molecule has 3 rings (SSSR count). The van der Waals surface area contributed by atoms with E-state index >= 15 is 0 Å². The number of benzene rings is 1. The van der Waals surface area contributed by atoms with Crippen LogP contribution in [0.5, 0.6) is 0 Å². The topological polar surface area (TPSA) is 45.2 Å². The number of piperidine rings is 1. The van der Waals surface area contributed by atoms with Crippen molar-refractivity contribution in [2.45, 2.75) is 45.7 Å². The van der Waals surface area contributed by atoms with Gasteiger partial charge in [0.25, 0.3) is 0 Å².